The zero-order valence-corrected chi connectivity index (χ0v) is 9.57. The Morgan fingerprint density at radius 3 is 2.13 bits per heavy atom. The van der Waals surface area contributed by atoms with Crippen molar-refractivity contribution >= 4 is 0 Å². The summed E-state index contributed by atoms with van der Waals surface area (Å²) >= 11 is 0. The van der Waals surface area contributed by atoms with Crippen molar-refractivity contribution in [2.45, 2.75) is 45.2 Å². The molecule has 0 aliphatic carbocycles. The predicted molar refractivity (Wildman–Crippen MR) is 59.5 cm³/mol. The van der Waals surface area contributed by atoms with E-state index in [0.717, 1.165) is 12.0 Å². The SMILES string of the molecule is CC1CC(C)OC(C)(c2ccccc2)O1. The summed E-state index contributed by atoms with van der Waals surface area (Å²) in [5, 5.41) is 0. The molecule has 1 aromatic carbocycles. The van der Waals surface area contributed by atoms with E-state index in [2.05, 4.69) is 13.8 Å². The van der Waals surface area contributed by atoms with Crippen molar-refractivity contribution in [1.82, 2.24) is 0 Å². The lowest BCUT2D eigenvalue weighted by Gasteiger charge is -2.41. The number of ether oxygens (including phenoxy) is 2. The second-order valence-corrected chi connectivity index (χ2v) is 4.40. The minimum atomic E-state index is -0.585. The van der Waals surface area contributed by atoms with Gasteiger partial charge in [-0.05, 0) is 27.2 Å². The predicted octanol–water partition coefficient (Wildman–Crippen LogP) is 3.07. The van der Waals surface area contributed by atoms with Crippen LogP contribution in [0.1, 0.15) is 32.8 Å². The molecule has 1 heterocycles. The van der Waals surface area contributed by atoms with Crippen molar-refractivity contribution in [1.29, 1.82) is 0 Å². The summed E-state index contributed by atoms with van der Waals surface area (Å²) in [5.74, 6) is -0.585. The standard InChI is InChI=1S/C13H18O2/c1-10-9-11(2)15-13(3,14-10)12-7-5-4-6-8-12/h4-8,10-11H,9H2,1-3H3. The first kappa shape index (κ1) is 10.7. The van der Waals surface area contributed by atoms with E-state index in [0.29, 0.717) is 0 Å². The summed E-state index contributed by atoms with van der Waals surface area (Å²) in [6.45, 7) is 6.19. The zero-order valence-electron chi connectivity index (χ0n) is 9.57. The van der Waals surface area contributed by atoms with Gasteiger partial charge in [-0.3, -0.25) is 0 Å². The van der Waals surface area contributed by atoms with Gasteiger partial charge in [-0.15, -0.1) is 0 Å². The third-order valence-electron chi connectivity index (χ3n) is 2.81. The molecule has 0 bridgehead atoms. The summed E-state index contributed by atoms with van der Waals surface area (Å²) in [5.41, 5.74) is 1.09. The van der Waals surface area contributed by atoms with E-state index in [1.165, 1.54) is 0 Å². The Morgan fingerprint density at radius 1 is 1.07 bits per heavy atom. The zero-order chi connectivity index (χ0) is 10.9. The molecule has 0 radical (unpaired) electrons. The van der Waals surface area contributed by atoms with E-state index in [1.807, 2.05) is 37.3 Å². The third-order valence-corrected chi connectivity index (χ3v) is 2.81. The van der Waals surface area contributed by atoms with Crippen molar-refractivity contribution in [3.05, 3.63) is 35.9 Å². The van der Waals surface area contributed by atoms with Crippen molar-refractivity contribution in [3.8, 4) is 0 Å². The summed E-state index contributed by atoms with van der Waals surface area (Å²) < 4.78 is 11.8. The maximum absolute atomic E-state index is 5.91. The summed E-state index contributed by atoms with van der Waals surface area (Å²) in [7, 11) is 0. The molecule has 82 valence electrons. The van der Waals surface area contributed by atoms with Crippen molar-refractivity contribution in [2.24, 2.45) is 0 Å². The van der Waals surface area contributed by atoms with Gasteiger partial charge < -0.3 is 9.47 Å². The molecule has 0 saturated carbocycles. The van der Waals surface area contributed by atoms with Crippen LogP contribution in [0, 0.1) is 0 Å². The number of hydrogen-bond donors (Lipinski definition) is 0. The molecule has 1 aromatic rings. The normalized spacial score (nSPS) is 36.5. The van der Waals surface area contributed by atoms with E-state index in [1.54, 1.807) is 0 Å². The van der Waals surface area contributed by atoms with Crippen LogP contribution in [0.3, 0.4) is 0 Å². The van der Waals surface area contributed by atoms with Crippen LogP contribution in [0.25, 0.3) is 0 Å². The van der Waals surface area contributed by atoms with Crippen molar-refractivity contribution < 1.29 is 9.47 Å². The highest BCUT2D eigenvalue weighted by Gasteiger charge is 2.37. The Kier molecular flexibility index (Phi) is 2.81. The fraction of sp³-hybridized carbons (Fsp3) is 0.538. The lowest BCUT2D eigenvalue weighted by atomic mass is 10.0. The van der Waals surface area contributed by atoms with E-state index >= 15 is 0 Å². The van der Waals surface area contributed by atoms with Crippen LogP contribution in [-0.4, -0.2) is 12.2 Å². The first-order valence-corrected chi connectivity index (χ1v) is 5.51. The molecule has 1 aliphatic rings. The number of benzene rings is 1. The van der Waals surface area contributed by atoms with Gasteiger partial charge in [-0.1, -0.05) is 30.3 Å². The van der Waals surface area contributed by atoms with Gasteiger partial charge in [0, 0.05) is 5.56 Å². The van der Waals surface area contributed by atoms with Crippen LogP contribution < -0.4 is 0 Å². The van der Waals surface area contributed by atoms with Crippen LogP contribution in [-0.2, 0) is 15.3 Å². The smallest absolute Gasteiger partial charge is 0.192 e. The van der Waals surface area contributed by atoms with Crippen molar-refractivity contribution in [2.75, 3.05) is 0 Å². The van der Waals surface area contributed by atoms with Gasteiger partial charge in [0.25, 0.3) is 0 Å². The topological polar surface area (TPSA) is 18.5 Å². The summed E-state index contributed by atoms with van der Waals surface area (Å²) in [6.07, 6.45) is 1.46. The quantitative estimate of drug-likeness (QED) is 0.703. The van der Waals surface area contributed by atoms with E-state index < -0.39 is 5.79 Å². The Balaban J connectivity index is 2.26. The molecule has 0 spiro atoms. The Hall–Kier alpha value is -0.860. The molecule has 0 amide bonds. The van der Waals surface area contributed by atoms with E-state index in [4.69, 9.17) is 9.47 Å². The minimum absolute atomic E-state index is 0.249. The highest BCUT2D eigenvalue weighted by atomic mass is 16.7. The fourth-order valence-corrected chi connectivity index (χ4v) is 2.24. The van der Waals surface area contributed by atoms with Crippen LogP contribution in [0.2, 0.25) is 0 Å². The second kappa shape index (κ2) is 3.95. The maximum atomic E-state index is 5.91. The average molecular weight is 206 g/mol. The molecule has 0 aromatic heterocycles. The van der Waals surface area contributed by atoms with Gasteiger partial charge >= 0.3 is 0 Å². The van der Waals surface area contributed by atoms with E-state index in [9.17, 15) is 0 Å². The molecule has 15 heavy (non-hydrogen) atoms. The van der Waals surface area contributed by atoms with Crippen LogP contribution >= 0.6 is 0 Å². The molecule has 0 N–H and O–H groups in total. The Labute approximate surface area is 91.2 Å². The van der Waals surface area contributed by atoms with Gasteiger partial charge in [0.05, 0.1) is 12.2 Å². The molecule has 2 unspecified atom stereocenters. The molecule has 2 rings (SSSR count). The van der Waals surface area contributed by atoms with Gasteiger partial charge in [0.2, 0.25) is 0 Å². The second-order valence-electron chi connectivity index (χ2n) is 4.40. The number of rotatable bonds is 1. The lowest BCUT2D eigenvalue weighted by Crippen LogP contribution is -2.42. The highest BCUT2D eigenvalue weighted by molar-refractivity contribution is 5.20. The first-order valence-electron chi connectivity index (χ1n) is 5.51. The van der Waals surface area contributed by atoms with Gasteiger partial charge in [0.1, 0.15) is 0 Å². The van der Waals surface area contributed by atoms with Crippen LogP contribution in [0.4, 0.5) is 0 Å². The van der Waals surface area contributed by atoms with Crippen LogP contribution in [0.5, 0.6) is 0 Å². The van der Waals surface area contributed by atoms with Crippen LogP contribution in [0.15, 0.2) is 30.3 Å². The average Bonchev–Trinajstić information content (AvgIpc) is 2.17. The lowest BCUT2D eigenvalue weighted by molar-refractivity contribution is -0.311. The summed E-state index contributed by atoms with van der Waals surface area (Å²) in [6, 6.07) is 10.1. The Morgan fingerprint density at radius 2 is 1.60 bits per heavy atom. The van der Waals surface area contributed by atoms with E-state index in [-0.39, 0.29) is 12.2 Å². The largest absolute Gasteiger partial charge is 0.343 e. The molecule has 2 nitrogen and oxygen atoms in total. The monoisotopic (exact) mass is 206 g/mol. The molecule has 1 aliphatic heterocycles. The molecular weight excluding hydrogens is 188 g/mol. The first-order chi connectivity index (χ1) is 7.10. The Bertz CT molecular complexity index is 311. The van der Waals surface area contributed by atoms with Crippen molar-refractivity contribution in [3.63, 3.8) is 0 Å². The fourth-order valence-electron chi connectivity index (χ4n) is 2.24. The molecule has 1 saturated heterocycles. The summed E-state index contributed by atoms with van der Waals surface area (Å²) in [4.78, 5) is 0. The van der Waals surface area contributed by atoms with Gasteiger partial charge in [-0.2, -0.15) is 0 Å². The van der Waals surface area contributed by atoms with Gasteiger partial charge in [0.15, 0.2) is 5.79 Å². The van der Waals surface area contributed by atoms with Gasteiger partial charge in [-0.25, -0.2) is 0 Å². The molecule has 1 fully saturated rings. The third kappa shape index (κ3) is 2.21. The minimum Gasteiger partial charge on any atom is -0.343 e. The maximum Gasteiger partial charge on any atom is 0.192 e. The molecular formula is C13H18O2. The number of hydrogen-bond acceptors (Lipinski definition) is 2. The molecule has 2 heteroatoms. The highest BCUT2D eigenvalue weighted by Crippen LogP contribution is 2.35. The molecule has 2 atom stereocenters.